The summed E-state index contributed by atoms with van der Waals surface area (Å²) in [7, 11) is 0. The number of hydrogen-bond donors (Lipinski definition) is 0. The average molecular weight is 486 g/mol. The van der Waals surface area contributed by atoms with Crippen LogP contribution < -0.4 is 4.90 Å². The normalized spacial score (nSPS) is 18.3. The molecule has 6 heteroatoms. The van der Waals surface area contributed by atoms with Gasteiger partial charge in [0.2, 0.25) is 0 Å². The monoisotopic (exact) mass is 485 g/mol. The predicted octanol–water partition coefficient (Wildman–Crippen LogP) is 5.12. The summed E-state index contributed by atoms with van der Waals surface area (Å²) in [6.07, 6.45) is 1.94. The summed E-state index contributed by atoms with van der Waals surface area (Å²) in [6, 6.07) is 22.4. The van der Waals surface area contributed by atoms with E-state index < -0.39 is 0 Å². The number of anilines is 1. The van der Waals surface area contributed by atoms with Gasteiger partial charge in [0.15, 0.2) is 0 Å². The van der Waals surface area contributed by atoms with Gasteiger partial charge in [0.1, 0.15) is 5.82 Å². The van der Waals surface area contributed by atoms with Gasteiger partial charge in [0.25, 0.3) is 11.8 Å². The second-order valence-corrected chi connectivity index (χ2v) is 9.81. The van der Waals surface area contributed by atoms with Crippen LogP contribution in [0.4, 0.5) is 10.1 Å². The van der Waals surface area contributed by atoms with E-state index in [2.05, 4.69) is 6.07 Å². The van der Waals surface area contributed by atoms with Gasteiger partial charge in [-0.3, -0.25) is 9.59 Å². The maximum atomic E-state index is 14.2. The van der Waals surface area contributed by atoms with Gasteiger partial charge < -0.3 is 14.7 Å². The number of carbonyl (C=O) groups excluding carboxylic acids is 2. The Morgan fingerprint density at radius 1 is 0.778 bits per heavy atom. The van der Waals surface area contributed by atoms with Gasteiger partial charge in [-0.15, -0.1) is 0 Å². The Bertz CT molecular complexity index is 1230. The van der Waals surface area contributed by atoms with Crippen molar-refractivity contribution in [1.29, 1.82) is 0 Å². The molecule has 2 saturated heterocycles. The summed E-state index contributed by atoms with van der Waals surface area (Å²) >= 11 is 0. The molecule has 2 heterocycles. The molecular formula is C30H32FN3O2. The Morgan fingerprint density at radius 3 is 2.25 bits per heavy atom. The van der Waals surface area contributed by atoms with Crippen molar-refractivity contribution in [3.63, 3.8) is 0 Å². The summed E-state index contributed by atoms with van der Waals surface area (Å²) in [5.74, 6) is 0.0549. The van der Waals surface area contributed by atoms with Gasteiger partial charge in [0.05, 0.1) is 5.69 Å². The second kappa shape index (κ2) is 10.5. The largest absolute Gasteiger partial charge is 0.366 e. The Morgan fingerprint density at radius 2 is 1.50 bits per heavy atom. The zero-order valence-electron chi connectivity index (χ0n) is 20.7. The third-order valence-electron chi connectivity index (χ3n) is 7.37. The molecule has 1 atom stereocenters. The van der Waals surface area contributed by atoms with Crippen molar-refractivity contribution < 1.29 is 14.0 Å². The first-order valence-corrected chi connectivity index (χ1v) is 12.7. The highest BCUT2D eigenvalue weighted by atomic mass is 19.1. The quantitative estimate of drug-likeness (QED) is 0.516. The van der Waals surface area contributed by atoms with E-state index in [0.717, 1.165) is 36.1 Å². The third kappa shape index (κ3) is 5.13. The first kappa shape index (κ1) is 24.0. The van der Waals surface area contributed by atoms with Crippen molar-refractivity contribution >= 4 is 17.5 Å². The van der Waals surface area contributed by atoms with E-state index in [-0.39, 0.29) is 23.5 Å². The zero-order chi connectivity index (χ0) is 25.1. The average Bonchev–Trinajstić information content (AvgIpc) is 2.93. The first-order valence-electron chi connectivity index (χ1n) is 12.7. The van der Waals surface area contributed by atoms with Crippen LogP contribution in [0.15, 0.2) is 72.8 Å². The summed E-state index contributed by atoms with van der Waals surface area (Å²) in [4.78, 5) is 32.1. The van der Waals surface area contributed by atoms with Crippen molar-refractivity contribution in [1.82, 2.24) is 9.80 Å². The number of aryl methyl sites for hydroxylation is 1. The summed E-state index contributed by atoms with van der Waals surface area (Å²) in [5, 5.41) is 0. The van der Waals surface area contributed by atoms with Crippen molar-refractivity contribution in [2.24, 2.45) is 0 Å². The highest BCUT2D eigenvalue weighted by Crippen LogP contribution is 2.29. The molecule has 2 amide bonds. The number of piperazine rings is 1. The molecule has 0 aliphatic carbocycles. The van der Waals surface area contributed by atoms with Gasteiger partial charge >= 0.3 is 0 Å². The minimum atomic E-state index is -0.229. The fourth-order valence-corrected chi connectivity index (χ4v) is 5.28. The molecule has 0 aromatic heterocycles. The van der Waals surface area contributed by atoms with Crippen LogP contribution >= 0.6 is 0 Å². The SMILES string of the molecule is Cc1ccc(C(=O)N2CCC[C@H](c3cccc(C(=O)N4CCN(c5ccccc5F)CC4)c3)C2)cc1. The van der Waals surface area contributed by atoms with Crippen molar-refractivity contribution in [2.45, 2.75) is 25.7 Å². The van der Waals surface area contributed by atoms with Gasteiger partial charge in [0, 0.05) is 56.3 Å². The number of para-hydroxylation sites is 1. The van der Waals surface area contributed by atoms with E-state index in [1.165, 1.54) is 6.07 Å². The molecule has 186 valence electrons. The molecule has 2 fully saturated rings. The molecule has 3 aromatic rings. The molecule has 2 aliphatic heterocycles. The number of amides is 2. The minimum absolute atomic E-state index is 0.00781. The Hall–Kier alpha value is -3.67. The van der Waals surface area contributed by atoms with Crippen LogP contribution in [0.5, 0.6) is 0 Å². The highest BCUT2D eigenvalue weighted by Gasteiger charge is 2.27. The van der Waals surface area contributed by atoms with E-state index in [9.17, 15) is 14.0 Å². The van der Waals surface area contributed by atoms with Crippen LogP contribution in [0.25, 0.3) is 0 Å². The number of rotatable bonds is 4. The number of nitrogens with zero attached hydrogens (tertiary/aromatic N) is 3. The minimum Gasteiger partial charge on any atom is -0.366 e. The Kier molecular flexibility index (Phi) is 7.03. The molecule has 36 heavy (non-hydrogen) atoms. The molecule has 5 rings (SSSR count). The molecule has 5 nitrogen and oxygen atoms in total. The molecule has 2 aliphatic rings. The fraction of sp³-hybridized carbons (Fsp3) is 0.333. The Labute approximate surface area is 212 Å². The van der Waals surface area contributed by atoms with Gasteiger partial charge in [-0.1, -0.05) is 42.0 Å². The summed E-state index contributed by atoms with van der Waals surface area (Å²) in [6.45, 7) is 5.75. The lowest BCUT2D eigenvalue weighted by Crippen LogP contribution is -2.49. The lowest BCUT2D eigenvalue weighted by atomic mass is 9.89. The van der Waals surface area contributed by atoms with E-state index in [4.69, 9.17) is 0 Å². The van der Waals surface area contributed by atoms with Crippen LogP contribution in [0, 0.1) is 12.7 Å². The number of carbonyl (C=O) groups is 2. The number of hydrogen-bond acceptors (Lipinski definition) is 3. The molecule has 0 radical (unpaired) electrons. The highest BCUT2D eigenvalue weighted by molar-refractivity contribution is 5.95. The van der Waals surface area contributed by atoms with E-state index in [0.29, 0.717) is 44.0 Å². The molecule has 0 spiro atoms. The van der Waals surface area contributed by atoms with Gasteiger partial charge in [-0.05, 0) is 61.7 Å². The van der Waals surface area contributed by atoms with Crippen LogP contribution in [-0.2, 0) is 0 Å². The maximum Gasteiger partial charge on any atom is 0.253 e. The van der Waals surface area contributed by atoms with Crippen LogP contribution in [-0.4, -0.2) is 60.9 Å². The van der Waals surface area contributed by atoms with Gasteiger partial charge in [-0.2, -0.15) is 0 Å². The summed E-state index contributed by atoms with van der Waals surface area (Å²) < 4.78 is 14.2. The second-order valence-electron chi connectivity index (χ2n) is 9.81. The number of halogens is 1. The predicted molar refractivity (Wildman–Crippen MR) is 140 cm³/mol. The molecule has 0 saturated carbocycles. The molecule has 0 bridgehead atoms. The molecule has 0 N–H and O–H groups in total. The standard InChI is InChI=1S/C30H32FN3O2/c1-22-11-13-23(14-12-22)29(35)34-15-5-8-26(21-34)24-6-4-7-25(20-24)30(36)33-18-16-32(17-19-33)28-10-3-2-9-27(28)31/h2-4,6-7,9-14,20,26H,5,8,15-19,21H2,1H3/t26-/m0/s1. The molecule has 0 unspecified atom stereocenters. The summed E-state index contributed by atoms with van der Waals surface area (Å²) in [5.41, 5.74) is 4.23. The smallest absolute Gasteiger partial charge is 0.253 e. The topological polar surface area (TPSA) is 43.9 Å². The van der Waals surface area contributed by atoms with Crippen molar-refractivity contribution in [3.05, 3.63) is 101 Å². The first-order chi connectivity index (χ1) is 17.5. The molecular weight excluding hydrogens is 453 g/mol. The maximum absolute atomic E-state index is 14.2. The zero-order valence-corrected chi connectivity index (χ0v) is 20.7. The van der Waals surface area contributed by atoms with E-state index in [1.807, 2.05) is 70.2 Å². The van der Waals surface area contributed by atoms with Crippen LogP contribution in [0.3, 0.4) is 0 Å². The Balaban J connectivity index is 1.23. The number of benzene rings is 3. The van der Waals surface area contributed by atoms with Crippen LogP contribution in [0.2, 0.25) is 0 Å². The van der Waals surface area contributed by atoms with Crippen molar-refractivity contribution in [2.75, 3.05) is 44.2 Å². The fourth-order valence-electron chi connectivity index (χ4n) is 5.28. The van der Waals surface area contributed by atoms with Crippen LogP contribution in [0.1, 0.15) is 50.6 Å². The lowest BCUT2D eigenvalue weighted by molar-refractivity contribution is 0.0704. The van der Waals surface area contributed by atoms with E-state index >= 15 is 0 Å². The van der Waals surface area contributed by atoms with Gasteiger partial charge in [-0.25, -0.2) is 4.39 Å². The molecule has 3 aromatic carbocycles. The number of likely N-dealkylation sites (tertiary alicyclic amines) is 1. The third-order valence-corrected chi connectivity index (χ3v) is 7.37. The van der Waals surface area contributed by atoms with E-state index in [1.54, 1.807) is 12.1 Å². The lowest BCUT2D eigenvalue weighted by Gasteiger charge is -2.36. The van der Waals surface area contributed by atoms with Crippen molar-refractivity contribution in [3.8, 4) is 0 Å². The number of piperidine rings is 1.